The summed E-state index contributed by atoms with van der Waals surface area (Å²) in [6, 6.07) is 14.6. The lowest BCUT2D eigenvalue weighted by molar-refractivity contribution is -0.116. The molecule has 0 aliphatic heterocycles. The Bertz CT molecular complexity index is 1120. The van der Waals surface area contributed by atoms with E-state index in [1.807, 2.05) is 49.4 Å². The molecule has 0 spiro atoms. The molecule has 0 unspecified atom stereocenters. The van der Waals surface area contributed by atoms with Crippen LogP contribution in [-0.2, 0) is 16.1 Å². The van der Waals surface area contributed by atoms with Gasteiger partial charge in [0.2, 0.25) is 5.91 Å². The molecule has 1 aromatic carbocycles. The molecule has 2 aromatic heterocycles. The molecule has 30 heavy (non-hydrogen) atoms. The normalized spacial score (nSPS) is 10.1. The highest BCUT2D eigenvalue weighted by Crippen LogP contribution is 2.17. The number of aromatic nitrogens is 2. The monoisotopic (exact) mass is 401 g/mol. The number of aryl methyl sites for hydroxylation is 1. The summed E-state index contributed by atoms with van der Waals surface area (Å²) in [5.74, 6) is 5.48. The zero-order chi connectivity index (χ0) is 21.5. The number of anilines is 1. The highest BCUT2D eigenvalue weighted by Gasteiger charge is 2.18. The standard InChI is InChI=1S/C24H23N3O3/c1-4-30-24(29)22-14-17(2)27(18(22)3)16-23(28)26-21-10-7-8-19(15-21)11-12-20-9-5-6-13-25-20/h5-10,13-15H,4,16H2,1-3H3,(H,26,28). The first-order valence-corrected chi connectivity index (χ1v) is 9.64. The van der Waals surface area contributed by atoms with Crippen LogP contribution in [0.5, 0.6) is 0 Å². The van der Waals surface area contributed by atoms with Crippen molar-refractivity contribution < 1.29 is 14.3 Å². The molecule has 6 heteroatoms. The van der Waals surface area contributed by atoms with Crippen LogP contribution in [-0.4, -0.2) is 28.0 Å². The summed E-state index contributed by atoms with van der Waals surface area (Å²) in [7, 11) is 0. The molecule has 0 aliphatic rings. The topological polar surface area (TPSA) is 73.2 Å². The Morgan fingerprint density at radius 3 is 2.67 bits per heavy atom. The maximum Gasteiger partial charge on any atom is 0.339 e. The predicted molar refractivity (Wildman–Crippen MR) is 115 cm³/mol. The van der Waals surface area contributed by atoms with E-state index in [0.29, 0.717) is 29.2 Å². The number of nitrogens with zero attached hydrogens (tertiary/aromatic N) is 2. The van der Waals surface area contributed by atoms with E-state index in [4.69, 9.17) is 4.74 Å². The molecule has 3 aromatic rings. The van der Waals surface area contributed by atoms with E-state index in [-0.39, 0.29) is 18.4 Å². The highest BCUT2D eigenvalue weighted by molar-refractivity contribution is 5.93. The summed E-state index contributed by atoms with van der Waals surface area (Å²) in [4.78, 5) is 28.8. The van der Waals surface area contributed by atoms with Gasteiger partial charge in [0.05, 0.1) is 12.2 Å². The van der Waals surface area contributed by atoms with Gasteiger partial charge >= 0.3 is 5.97 Å². The molecule has 2 heterocycles. The van der Waals surface area contributed by atoms with Gasteiger partial charge in [0.1, 0.15) is 12.2 Å². The zero-order valence-corrected chi connectivity index (χ0v) is 17.2. The molecule has 1 N–H and O–H groups in total. The minimum absolute atomic E-state index is 0.0981. The molecule has 0 fully saturated rings. The summed E-state index contributed by atoms with van der Waals surface area (Å²) in [6.07, 6.45) is 1.69. The number of rotatable bonds is 5. The maximum absolute atomic E-state index is 12.6. The predicted octanol–water partition coefficient (Wildman–Crippen LogP) is 3.72. The highest BCUT2D eigenvalue weighted by atomic mass is 16.5. The average molecular weight is 401 g/mol. The second-order valence-corrected chi connectivity index (χ2v) is 6.69. The van der Waals surface area contributed by atoms with E-state index < -0.39 is 0 Å². The first-order valence-electron chi connectivity index (χ1n) is 9.64. The van der Waals surface area contributed by atoms with Crippen molar-refractivity contribution in [2.75, 3.05) is 11.9 Å². The van der Waals surface area contributed by atoms with Crippen LogP contribution in [0.3, 0.4) is 0 Å². The van der Waals surface area contributed by atoms with Crippen LogP contribution in [0.1, 0.15) is 39.9 Å². The van der Waals surface area contributed by atoms with E-state index in [0.717, 1.165) is 11.3 Å². The van der Waals surface area contributed by atoms with Crippen molar-refractivity contribution in [1.82, 2.24) is 9.55 Å². The summed E-state index contributed by atoms with van der Waals surface area (Å²) in [6.45, 7) is 5.83. The molecule has 0 radical (unpaired) electrons. The molecule has 152 valence electrons. The Morgan fingerprint density at radius 1 is 1.10 bits per heavy atom. The average Bonchev–Trinajstić information content (AvgIpc) is 3.02. The minimum Gasteiger partial charge on any atom is -0.462 e. The van der Waals surface area contributed by atoms with Crippen LogP contribution in [0.2, 0.25) is 0 Å². The fourth-order valence-corrected chi connectivity index (χ4v) is 3.05. The van der Waals surface area contributed by atoms with Crippen molar-refractivity contribution in [1.29, 1.82) is 0 Å². The van der Waals surface area contributed by atoms with Crippen molar-refractivity contribution in [3.05, 3.63) is 82.9 Å². The summed E-state index contributed by atoms with van der Waals surface area (Å²) in [5, 5.41) is 2.89. The minimum atomic E-state index is -0.378. The summed E-state index contributed by atoms with van der Waals surface area (Å²) in [5.41, 5.74) is 4.12. The third kappa shape index (κ3) is 5.15. The van der Waals surface area contributed by atoms with Crippen molar-refractivity contribution in [2.24, 2.45) is 0 Å². The van der Waals surface area contributed by atoms with Crippen LogP contribution in [0.25, 0.3) is 0 Å². The third-order valence-electron chi connectivity index (χ3n) is 4.52. The van der Waals surface area contributed by atoms with Gasteiger partial charge in [-0.25, -0.2) is 9.78 Å². The smallest absolute Gasteiger partial charge is 0.339 e. The lowest BCUT2D eigenvalue weighted by atomic mass is 10.2. The second kappa shape index (κ2) is 9.57. The van der Waals surface area contributed by atoms with Gasteiger partial charge in [0.25, 0.3) is 0 Å². The summed E-state index contributed by atoms with van der Waals surface area (Å²) >= 11 is 0. The lowest BCUT2D eigenvalue weighted by Crippen LogP contribution is -2.20. The van der Waals surface area contributed by atoms with E-state index >= 15 is 0 Å². The number of hydrogen-bond acceptors (Lipinski definition) is 4. The first-order chi connectivity index (χ1) is 14.5. The van der Waals surface area contributed by atoms with Crippen molar-refractivity contribution in [2.45, 2.75) is 27.3 Å². The van der Waals surface area contributed by atoms with Gasteiger partial charge in [0, 0.05) is 28.8 Å². The number of nitrogens with one attached hydrogen (secondary N) is 1. The molecule has 6 nitrogen and oxygen atoms in total. The lowest BCUT2D eigenvalue weighted by Gasteiger charge is -2.11. The van der Waals surface area contributed by atoms with Gasteiger partial charge < -0.3 is 14.6 Å². The van der Waals surface area contributed by atoms with Crippen LogP contribution in [0.4, 0.5) is 5.69 Å². The molecule has 0 bridgehead atoms. The van der Waals surface area contributed by atoms with E-state index in [1.165, 1.54) is 0 Å². The van der Waals surface area contributed by atoms with Gasteiger partial charge in [0.15, 0.2) is 0 Å². The maximum atomic E-state index is 12.6. The Kier molecular flexibility index (Phi) is 6.66. The molecule has 3 rings (SSSR count). The van der Waals surface area contributed by atoms with E-state index in [1.54, 1.807) is 30.7 Å². The Morgan fingerprint density at radius 2 is 1.93 bits per heavy atom. The quantitative estimate of drug-likeness (QED) is 0.522. The van der Waals surface area contributed by atoms with Crippen LogP contribution < -0.4 is 5.32 Å². The molecule has 1 amide bonds. The van der Waals surface area contributed by atoms with Crippen molar-refractivity contribution in [3.8, 4) is 11.8 Å². The number of hydrogen-bond donors (Lipinski definition) is 1. The first kappa shape index (κ1) is 20.9. The molecular formula is C24H23N3O3. The van der Waals surface area contributed by atoms with Gasteiger partial charge in [-0.05, 0) is 63.1 Å². The van der Waals surface area contributed by atoms with E-state index in [2.05, 4.69) is 22.1 Å². The molecule has 0 saturated carbocycles. The van der Waals surface area contributed by atoms with E-state index in [9.17, 15) is 9.59 Å². The zero-order valence-electron chi connectivity index (χ0n) is 17.2. The van der Waals surface area contributed by atoms with Crippen molar-refractivity contribution in [3.63, 3.8) is 0 Å². The SMILES string of the molecule is CCOC(=O)c1cc(C)n(CC(=O)Nc2cccc(C#Cc3ccccn3)c2)c1C. The molecular weight excluding hydrogens is 378 g/mol. The number of ether oxygens (including phenoxy) is 1. The number of benzene rings is 1. The van der Waals surface area contributed by atoms with Crippen LogP contribution in [0.15, 0.2) is 54.7 Å². The number of carbonyl (C=O) groups excluding carboxylic acids is 2. The Hall–Kier alpha value is -3.85. The number of esters is 1. The molecule has 0 atom stereocenters. The molecule has 0 saturated heterocycles. The number of pyridine rings is 1. The largest absolute Gasteiger partial charge is 0.462 e. The van der Waals surface area contributed by atoms with Crippen LogP contribution >= 0.6 is 0 Å². The van der Waals surface area contributed by atoms with Gasteiger partial charge in [-0.2, -0.15) is 0 Å². The second-order valence-electron chi connectivity index (χ2n) is 6.69. The third-order valence-corrected chi connectivity index (χ3v) is 4.52. The number of carbonyl (C=O) groups is 2. The van der Waals surface area contributed by atoms with Gasteiger partial charge in [-0.1, -0.05) is 18.1 Å². The fraction of sp³-hybridized carbons (Fsp3) is 0.208. The fourth-order valence-electron chi connectivity index (χ4n) is 3.05. The Balaban J connectivity index is 1.70. The summed E-state index contributed by atoms with van der Waals surface area (Å²) < 4.78 is 6.87. The number of amides is 1. The van der Waals surface area contributed by atoms with Gasteiger partial charge in [-0.3, -0.25) is 4.79 Å². The molecule has 0 aliphatic carbocycles. The van der Waals surface area contributed by atoms with Crippen LogP contribution in [0, 0.1) is 25.7 Å². The Labute approximate surface area is 175 Å². The van der Waals surface area contributed by atoms with Gasteiger partial charge in [-0.15, -0.1) is 0 Å². The van der Waals surface area contributed by atoms with Crippen molar-refractivity contribution >= 4 is 17.6 Å².